The number of hydrogen-bond donors (Lipinski definition) is 1. The van der Waals surface area contributed by atoms with Gasteiger partial charge in [-0.3, -0.25) is 4.79 Å². The number of anilines is 1. The molecule has 1 amide bonds. The van der Waals surface area contributed by atoms with Crippen LogP contribution in [-0.2, 0) is 4.79 Å². The Bertz CT molecular complexity index is 446. The molecule has 1 atom stereocenters. The van der Waals surface area contributed by atoms with Crippen molar-refractivity contribution in [1.29, 1.82) is 0 Å². The number of nitrogens with one attached hydrogen (secondary N) is 1. The Hall–Kier alpha value is 0.0600. The lowest BCUT2D eigenvalue weighted by Gasteiger charge is -2.21. The summed E-state index contributed by atoms with van der Waals surface area (Å²) in [6, 6.07) is 5.50. The molecule has 92 valence electrons. The van der Waals surface area contributed by atoms with Crippen LogP contribution in [0.5, 0.6) is 0 Å². The molecule has 1 aliphatic heterocycles. The zero-order valence-corrected chi connectivity index (χ0v) is 13.2. The molecule has 1 saturated heterocycles. The third-order valence-corrected chi connectivity index (χ3v) is 5.53. The quantitative estimate of drug-likeness (QED) is 0.779. The molecule has 0 spiro atoms. The molecule has 1 aromatic carbocycles. The van der Waals surface area contributed by atoms with Gasteiger partial charge in [0.05, 0.1) is 10.4 Å². The van der Waals surface area contributed by atoms with Gasteiger partial charge in [-0.05, 0) is 66.3 Å². The van der Waals surface area contributed by atoms with Crippen LogP contribution < -0.4 is 5.32 Å². The lowest BCUT2D eigenvalue weighted by molar-refractivity contribution is -0.118. The number of halogens is 2. The highest BCUT2D eigenvalue weighted by Gasteiger charge is 2.37. The van der Waals surface area contributed by atoms with Crippen LogP contribution in [0.3, 0.4) is 0 Å². The van der Waals surface area contributed by atoms with E-state index in [0.717, 1.165) is 27.9 Å². The Morgan fingerprint density at radius 2 is 2.35 bits per heavy atom. The third kappa shape index (κ3) is 3.09. The van der Waals surface area contributed by atoms with E-state index in [1.807, 2.05) is 19.1 Å². The molecule has 5 heteroatoms. The maximum atomic E-state index is 12.2. The summed E-state index contributed by atoms with van der Waals surface area (Å²) in [7, 11) is 0. The fourth-order valence-electron chi connectivity index (χ4n) is 1.80. The average molecular weight is 382 g/mol. The highest BCUT2D eigenvalue weighted by Crippen LogP contribution is 2.38. The molecule has 1 N–H and O–H groups in total. The van der Waals surface area contributed by atoms with Gasteiger partial charge in [-0.25, -0.2) is 0 Å². The Morgan fingerprint density at radius 3 is 2.94 bits per heavy atom. The van der Waals surface area contributed by atoms with E-state index in [0.29, 0.717) is 5.02 Å². The van der Waals surface area contributed by atoms with Gasteiger partial charge in [0, 0.05) is 8.59 Å². The highest BCUT2D eigenvalue weighted by atomic mass is 127. The summed E-state index contributed by atoms with van der Waals surface area (Å²) in [5.41, 5.74) is 0.841. The zero-order chi connectivity index (χ0) is 12.5. The fourth-order valence-corrected chi connectivity index (χ4v) is 4.02. The molecule has 0 radical (unpaired) electrons. The molecule has 1 aromatic rings. The van der Waals surface area contributed by atoms with E-state index in [2.05, 4.69) is 27.9 Å². The second kappa shape index (κ2) is 5.36. The summed E-state index contributed by atoms with van der Waals surface area (Å²) in [5, 5.41) is 3.68. The van der Waals surface area contributed by atoms with Crippen molar-refractivity contribution in [3.05, 3.63) is 26.8 Å². The van der Waals surface area contributed by atoms with Crippen LogP contribution in [0.4, 0.5) is 5.69 Å². The minimum atomic E-state index is -0.275. The summed E-state index contributed by atoms with van der Waals surface area (Å²) < 4.78 is 0.693. The van der Waals surface area contributed by atoms with Crippen LogP contribution in [0.25, 0.3) is 0 Å². The third-order valence-electron chi connectivity index (χ3n) is 2.88. The van der Waals surface area contributed by atoms with Gasteiger partial charge < -0.3 is 5.32 Å². The Morgan fingerprint density at radius 1 is 1.59 bits per heavy atom. The molecule has 1 fully saturated rings. The second-order valence-electron chi connectivity index (χ2n) is 4.26. The van der Waals surface area contributed by atoms with E-state index >= 15 is 0 Å². The largest absolute Gasteiger partial charge is 0.324 e. The van der Waals surface area contributed by atoms with Crippen molar-refractivity contribution in [2.24, 2.45) is 0 Å². The van der Waals surface area contributed by atoms with E-state index < -0.39 is 0 Å². The van der Waals surface area contributed by atoms with Gasteiger partial charge in [0.1, 0.15) is 0 Å². The molecule has 0 aliphatic carbocycles. The molecule has 1 heterocycles. The van der Waals surface area contributed by atoms with Crippen LogP contribution in [0.1, 0.15) is 19.8 Å². The average Bonchev–Trinajstić information content (AvgIpc) is 2.71. The van der Waals surface area contributed by atoms with Crippen molar-refractivity contribution in [3.8, 4) is 0 Å². The number of amides is 1. The van der Waals surface area contributed by atoms with Gasteiger partial charge in [0.2, 0.25) is 5.91 Å². The van der Waals surface area contributed by atoms with Crippen molar-refractivity contribution in [2.75, 3.05) is 11.1 Å². The molecule has 2 nitrogen and oxygen atoms in total. The van der Waals surface area contributed by atoms with Gasteiger partial charge >= 0.3 is 0 Å². The van der Waals surface area contributed by atoms with E-state index in [9.17, 15) is 4.79 Å². The Balaban J connectivity index is 2.13. The van der Waals surface area contributed by atoms with Crippen molar-refractivity contribution in [3.63, 3.8) is 0 Å². The highest BCUT2D eigenvalue weighted by molar-refractivity contribution is 14.1. The first-order chi connectivity index (χ1) is 8.01. The van der Waals surface area contributed by atoms with Crippen molar-refractivity contribution >= 4 is 57.5 Å². The molecule has 2 rings (SSSR count). The van der Waals surface area contributed by atoms with Crippen LogP contribution >= 0.6 is 46.0 Å². The SMILES string of the molecule is CC1(C(=O)Nc2ccc(Cl)cc2I)CCCS1. The Kier molecular flexibility index (Phi) is 4.26. The molecular weight excluding hydrogens is 369 g/mol. The smallest absolute Gasteiger partial charge is 0.240 e. The number of carbonyl (C=O) groups is 1. The summed E-state index contributed by atoms with van der Waals surface area (Å²) in [6.07, 6.45) is 2.07. The first-order valence-electron chi connectivity index (χ1n) is 5.42. The van der Waals surface area contributed by atoms with E-state index in [4.69, 9.17) is 11.6 Å². The summed E-state index contributed by atoms with van der Waals surface area (Å²) in [6.45, 7) is 2.02. The van der Waals surface area contributed by atoms with Gasteiger partial charge in [-0.2, -0.15) is 0 Å². The van der Waals surface area contributed by atoms with Crippen molar-refractivity contribution in [2.45, 2.75) is 24.5 Å². The number of hydrogen-bond acceptors (Lipinski definition) is 2. The van der Waals surface area contributed by atoms with E-state index in [1.165, 1.54) is 0 Å². The predicted octanol–water partition coefficient (Wildman–Crippen LogP) is 4.17. The maximum Gasteiger partial charge on any atom is 0.240 e. The number of thioether (sulfide) groups is 1. The molecule has 0 bridgehead atoms. The first kappa shape index (κ1) is 13.5. The number of rotatable bonds is 2. The summed E-state index contributed by atoms with van der Waals surface area (Å²) in [5.74, 6) is 1.17. The molecular formula is C12H13ClINOS. The monoisotopic (exact) mass is 381 g/mol. The number of carbonyl (C=O) groups excluding carboxylic acids is 1. The fraction of sp³-hybridized carbons (Fsp3) is 0.417. The van der Waals surface area contributed by atoms with Crippen LogP contribution in [0.2, 0.25) is 5.02 Å². The molecule has 0 saturated carbocycles. The van der Waals surface area contributed by atoms with Gasteiger partial charge in [0.15, 0.2) is 0 Å². The molecule has 1 aliphatic rings. The van der Waals surface area contributed by atoms with Crippen LogP contribution in [-0.4, -0.2) is 16.4 Å². The molecule has 1 unspecified atom stereocenters. The zero-order valence-electron chi connectivity index (χ0n) is 9.43. The van der Waals surface area contributed by atoms with Crippen LogP contribution in [0, 0.1) is 3.57 Å². The van der Waals surface area contributed by atoms with Crippen molar-refractivity contribution < 1.29 is 4.79 Å². The lowest BCUT2D eigenvalue weighted by atomic mass is 10.0. The van der Waals surface area contributed by atoms with E-state index in [-0.39, 0.29) is 10.7 Å². The minimum absolute atomic E-state index is 0.0974. The topological polar surface area (TPSA) is 29.1 Å². The first-order valence-corrected chi connectivity index (χ1v) is 7.86. The normalized spacial score (nSPS) is 23.7. The summed E-state index contributed by atoms with van der Waals surface area (Å²) in [4.78, 5) is 12.2. The van der Waals surface area contributed by atoms with Gasteiger partial charge in [0.25, 0.3) is 0 Å². The second-order valence-corrected chi connectivity index (χ2v) is 7.46. The standard InChI is InChI=1S/C12H13ClINOS/c1-12(5-2-6-17-12)11(16)15-10-4-3-8(13)7-9(10)14/h3-4,7H,2,5-6H2,1H3,(H,15,16). The van der Waals surface area contributed by atoms with Gasteiger partial charge in [-0.15, -0.1) is 11.8 Å². The molecule has 17 heavy (non-hydrogen) atoms. The lowest BCUT2D eigenvalue weighted by Crippen LogP contribution is -2.34. The summed E-state index contributed by atoms with van der Waals surface area (Å²) >= 11 is 9.81. The van der Waals surface area contributed by atoms with Gasteiger partial charge in [-0.1, -0.05) is 11.6 Å². The van der Waals surface area contributed by atoms with Crippen LogP contribution in [0.15, 0.2) is 18.2 Å². The predicted molar refractivity (Wildman–Crippen MR) is 82.9 cm³/mol. The number of benzene rings is 1. The molecule has 0 aromatic heterocycles. The van der Waals surface area contributed by atoms with Crippen molar-refractivity contribution in [1.82, 2.24) is 0 Å². The minimum Gasteiger partial charge on any atom is -0.324 e. The Labute approximate surface area is 124 Å². The van der Waals surface area contributed by atoms with E-state index in [1.54, 1.807) is 17.8 Å². The maximum absolute atomic E-state index is 12.2.